The van der Waals surface area contributed by atoms with E-state index in [0.29, 0.717) is 0 Å². The average molecular weight is 317 g/mol. The molecule has 1 saturated heterocycles. The van der Waals surface area contributed by atoms with Crippen LogP contribution in [-0.4, -0.2) is 65.1 Å². The SMILES string of the molecule is C=C/C=C(\C=[N+](/C)[C@@H]1O[C@H](COP=O)[C@@H](O)[C@H]1O)C(N)=O. The van der Waals surface area contributed by atoms with Crippen molar-refractivity contribution >= 4 is 20.8 Å². The highest BCUT2D eigenvalue weighted by atomic mass is 31.1. The first kappa shape index (κ1) is 17.6. The van der Waals surface area contributed by atoms with Gasteiger partial charge in [-0.3, -0.25) is 9.32 Å². The number of primary amides is 1. The summed E-state index contributed by atoms with van der Waals surface area (Å²) in [6.45, 7) is 3.33. The summed E-state index contributed by atoms with van der Waals surface area (Å²) in [5.74, 6) is -0.667. The predicted molar refractivity (Wildman–Crippen MR) is 74.0 cm³/mol. The summed E-state index contributed by atoms with van der Waals surface area (Å²) in [5.41, 5.74) is 5.37. The van der Waals surface area contributed by atoms with Crippen LogP contribution in [-0.2, 0) is 18.6 Å². The van der Waals surface area contributed by atoms with E-state index in [2.05, 4.69) is 11.1 Å². The molecule has 0 radical (unpaired) electrons. The second-order valence-corrected chi connectivity index (χ2v) is 4.84. The Kier molecular flexibility index (Phi) is 6.80. The lowest BCUT2D eigenvalue weighted by Gasteiger charge is -2.10. The first-order valence-corrected chi connectivity index (χ1v) is 6.81. The van der Waals surface area contributed by atoms with Crippen LogP contribution in [0.25, 0.3) is 0 Å². The van der Waals surface area contributed by atoms with Crippen LogP contribution >= 0.6 is 8.69 Å². The summed E-state index contributed by atoms with van der Waals surface area (Å²) >= 11 is 0. The van der Waals surface area contributed by atoms with Crippen molar-refractivity contribution < 1.29 is 33.4 Å². The second-order valence-electron chi connectivity index (χ2n) is 4.43. The minimum Gasteiger partial charge on any atom is -0.387 e. The van der Waals surface area contributed by atoms with Gasteiger partial charge in [0.1, 0.15) is 24.8 Å². The van der Waals surface area contributed by atoms with Crippen molar-refractivity contribution in [1.82, 2.24) is 0 Å². The summed E-state index contributed by atoms with van der Waals surface area (Å²) in [4.78, 5) is 11.2. The fourth-order valence-corrected chi connectivity index (χ4v) is 2.12. The van der Waals surface area contributed by atoms with Crippen LogP contribution < -0.4 is 5.73 Å². The number of rotatable bonds is 7. The minimum atomic E-state index is -1.22. The summed E-state index contributed by atoms with van der Waals surface area (Å²) < 4.78 is 21.7. The predicted octanol–water partition coefficient (Wildman–Crippen LogP) is -1.03. The molecule has 4 atom stereocenters. The van der Waals surface area contributed by atoms with E-state index in [1.165, 1.54) is 22.9 Å². The van der Waals surface area contributed by atoms with E-state index in [4.69, 9.17) is 10.5 Å². The van der Waals surface area contributed by atoms with Crippen molar-refractivity contribution in [3.8, 4) is 0 Å². The number of aliphatic hydroxyl groups excluding tert-OH is 2. The maximum Gasteiger partial charge on any atom is 0.327 e. The van der Waals surface area contributed by atoms with Gasteiger partial charge in [0.2, 0.25) is 0 Å². The van der Waals surface area contributed by atoms with Crippen LogP contribution in [0.5, 0.6) is 0 Å². The largest absolute Gasteiger partial charge is 0.387 e. The summed E-state index contributed by atoms with van der Waals surface area (Å²) in [6.07, 6.45) is 0.0313. The van der Waals surface area contributed by atoms with Gasteiger partial charge in [-0.15, -0.1) is 0 Å². The van der Waals surface area contributed by atoms with Crippen LogP contribution in [0.2, 0.25) is 0 Å². The third-order valence-corrected chi connectivity index (χ3v) is 3.21. The molecule has 1 rings (SSSR count). The molecule has 4 N–H and O–H groups in total. The molecule has 0 unspecified atom stereocenters. The lowest BCUT2D eigenvalue weighted by atomic mass is 10.1. The molecule has 1 aliphatic heterocycles. The van der Waals surface area contributed by atoms with Crippen LogP contribution in [0.3, 0.4) is 0 Å². The average Bonchev–Trinajstić information content (AvgIpc) is 2.72. The third-order valence-electron chi connectivity index (χ3n) is 2.95. The van der Waals surface area contributed by atoms with Gasteiger partial charge in [0.25, 0.3) is 12.1 Å². The molecule has 21 heavy (non-hydrogen) atoms. The Morgan fingerprint density at radius 1 is 1.52 bits per heavy atom. The number of hydrogen-bond donors (Lipinski definition) is 3. The van der Waals surface area contributed by atoms with Crippen LogP contribution in [0.4, 0.5) is 0 Å². The molecule has 0 aromatic rings. The highest BCUT2D eigenvalue weighted by Crippen LogP contribution is 2.22. The molecule has 8 nitrogen and oxygen atoms in total. The van der Waals surface area contributed by atoms with Crippen molar-refractivity contribution in [3.63, 3.8) is 0 Å². The molecule has 0 spiro atoms. The van der Waals surface area contributed by atoms with E-state index in [-0.39, 0.29) is 12.2 Å². The second kappa shape index (κ2) is 8.11. The molecule has 9 heteroatoms. The zero-order chi connectivity index (χ0) is 16.0. The summed E-state index contributed by atoms with van der Waals surface area (Å²) in [6, 6.07) is 0. The fourth-order valence-electron chi connectivity index (χ4n) is 1.92. The molecule has 116 valence electrons. The number of nitrogens with two attached hydrogens (primary N) is 1. The number of aliphatic hydroxyl groups is 2. The molecular formula is C12H18N2O6P+. The lowest BCUT2D eigenvalue weighted by Crippen LogP contribution is -2.38. The van der Waals surface area contributed by atoms with E-state index in [0.717, 1.165) is 0 Å². The number of carbonyl (C=O) groups excluding carboxylic acids is 1. The van der Waals surface area contributed by atoms with E-state index < -0.39 is 39.1 Å². The molecule has 0 aromatic carbocycles. The quantitative estimate of drug-likeness (QED) is 0.181. The third kappa shape index (κ3) is 4.52. The Morgan fingerprint density at radius 2 is 2.19 bits per heavy atom. The summed E-state index contributed by atoms with van der Waals surface area (Å²) in [5, 5.41) is 19.8. The van der Waals surface area contributed by atoms with Gasteiger partial charge in [0.15, 0.2) is 12.3 Å². The Labute approximate surface area is 123 Å². The molecule has 0 bridgehead atoms. The van der Waals surface area contributed by atoms with Crippen molar-refractivity contribution in [2.75, 3.05) is 13.7 Å². The molecule has 1 heterocycles. The number of carbonyl (C=O) groups is 1. The molecule has 1 aliphatic rings. The van der Waals surface area contributed by atoms with Crippen molar-refractivity contribution in [2.24, 2.45) is 5.73 Å². The summed E-state index contributed by atoms with van der Waals surface area (Å²) in [7, 11) is 1.01. The highest BCUT2D eigenvalue weighted by Gasteiger charge is 2.48. The van der Waals surface area contributed by atoms with Gasteiger partial charge >= 0.3 is 8.69 Å². The Hall–Kier alpha value is -1.44. The standard InChI is InChI=1S/C12H17N2O6P/c1-3-4-7(11(13)17)5-14(2)12-10(16)9(15)8(20-12)6-19-21-18/h3-5,8-10,12,15-16H,1,6H2,2H3,(H-,13,17)/p+1/b7-4+,14-5+/t8-,9-,10-,12-/m1/s1. The number of ether oxygens (including phenoxy) is 1. The number of hydrogen-bond acceptors (Lipinski definition) is 6. The molecule has 1 fully saturated rings. The maximum atomic E-state index is 11.2. The van der Waals surface area contributed by atoms with Gasteiger partial charge in [-0.25, -0.2) is 9.14 Å². The zero-order valence-corrected chi connectivity index (χ0v) is 12.3. The minimum absolute atomic E-state index is 0.140. The fraction of sp³-hybridized carbons (Fsp3) is 0.500. The smallest absolute Gasteiger partial charge is 0.327 e. The van der Waals surface area contributed by atoms with E-state index in [1.54, 1.807) is 7.05 Å². The van der Waals surface area contributed by atoms with Crippen LogP contribution in [0, 0.1) is 0 Å². The number of amides is 1. The van der Waals surface area contributed by atoms with Gasteiger partial charge in [-0.1, -0.05) is 12.7 Å². The Morgan fingerprint density at radius 3 is 2.71 bits per heavy atom. The van der Waals surface area contributed by atoms with Crippen molar-refractivity contribution in [2.45, 2.75) is 24.5 Å². The van der Waals surface area contributed by atoms with Crippen LogP contribution in [0.1, 0.15) is 0 Å². The lowest BCUT2D eigenvalue weighted by molar-refractivity contribution is -0.590. The van der Waals surface area contributed by atoms with E-state index in [9.17, 15) is 19.6 Å². The van der Waals surface area contributed by atoms with Gasteiger partial charge in [-0.2, -0.15) is 0 Å². The maximum absolute atomic E-state index is 11.2. The Balaban J connectivity index is 2.89. The molecular weight excluding hydrogens is 299 g/mol. The molecule has 0 aliphatic carbocycles. The van der Waals surface area contributed by atoms with Gasteiger partial charge in [-0.05, 0) is 6.08 Å². The van der Waals surface area contributed by atoms with Crippen LogP contribution in [0.15, 0.2) is 24.3 Å². The van der Waals surface area contributed by atoms with Gasteiger partial charge in [0.05, 0.1) is 6.61 Å². The number of allylic oxidation sites excluding steroid dienone is 2. The monoisotopic (exact) mass is 317 g/mol. The molecule has 0 aromatic heterocycles. The topological polar surface area (TPSA) is 122 Å². The van der Waals surface area contributed by atoms with E-state index in [1.807, 2.05) is 0 Å². The van der Waals surface area contributed by atoms with Crippen molar-refractivity contribution in [1.29, 1.82) is 0 Å². The van der Waals surface area contributed by atoms with Gasteiger partial charge < -0.3 is 20.7 Å². The first-order chi connectivity index (χ1) is 9.92. The Bertz CT molecular complexity index is 478. The molecule has 1 amide bonds. The normalized spacial score (nSPS) is 30.6. The number of nitrogens with zero attached hydrogens (tertiary/aromatic N) is 1. The van der Waals surface area contributed by atoms with Gasteiger partial charge in [0, 0.05) is 0 Å². The molecule has 0 saturated carbocycles. The zero-order valence-electron chi connectivity index (χ0n) is 11.5. The first-order valence-electron chi connectivity index (χ1n) is 6.08. The van der Waals surface area contributed by atoms with Crippen molar-refractivity contribution in [3.05, 3.63) is 24.3 Å². The number of likely N-dealkylation sites (N-methyl/N-ethyl adjacent to an activating group) is 1. The highest BCUT2D eigenvalue weighted by molar-refractivity contribution is 7.17. The van der Waals surface area contributed by atoms with E-state index >= 15 is 0 Å².